The number of oxazole rings is 1. The van der Waals surface area contributed by atoms with Crippen LogP contribution in [0.1, 0.15) is 11.1 Å². The molecule has 1 heterocycles. The van der Waals surface area contributed by atoms with Gasteiger partial charge in [-0.05, 0) is 67.4 Å². The van der Waals surface area contributed by atoms with Crippen LogP contribution in [0.2, 0.25) is 5.02 Å². The Morgan fingerprint density at radius 2 is 1.82 bits per heavy atom. The van der Waals surface area contributed by atoms with Crippen molar-refractivity contribution in [2.24, 2.45) is 0 Å². The molecule has 0 radical (unpaired) electrons. The minimum Gasteiger partial charge on any atom is -0.493 e. The van der Waals surface area contributed by atoms with Gasteiger partial charge in [-0.3, -0.25) is 4.79 Å². The van der Waals surface area contributed by atoms with Gasteiger partial charge in [0.15, 0.2) is 23.7 Å². The number of anilines is 1. The number of carbonyl (C=O) groups is 1. The van der Waals surface area contributed by atoms with Crippen molar-refractivity contribution >= 4 is 34.3 Å². The number of aromatic nitrogens is 1. The summed E-state index contributed by atoms with van der Waals surface area (Å²) in [6, 6.07) is 14.4. The quantitative estimate of drug-likeness (QED) is 0.370. The maximum Gasteiger partial charge on any atom is 0.262 e. The standard InChI is InChI=1S/C25H23ClN2O5/c1-14-9-15(2)24(18(26)10-14)32-13-23(29)27-17-6-8-20-19(12-17)28-25(33-20)16-5-7-21(30-3)22(11-16)31-4/h5-12H,13H2,1-4H3,(H,27,29). The number of rotatable bonds is 7. The van der Waals surface area contributed by atoms with Crippen LogP contribution in [0.4, 0.5) is 5.69 Å². The Morgan fingerprint density at radius 3 is 2.55 bits per heavy atom. The van der Waals surface area contributed by atoms with Crippen LogP contribution in [0.15, 0.2) is 52.9 Å². The first kappa shape index (κ1) is 22.5. The van der Waals surface area contributed by atoms with E-state index in [1.54, 1.807) is 50.6 Å². The highest BCUT2D eigenvalue weighted by molar-refractivity contribution is 6.32. The van der Waals surface area contributed by atoms with Crippen LogP contribution >= 0.6 is 11.6 Å². The van der Waals surface area contributed by atoms with Crippen LogP contribution in [0.25, 0.3) is 22.6 Å². The van der Waals surface area contributed by atoms with E-state index in [4.69, 9.17) is 30.2 Å². The molecule has 0 atom stereocenters. The molecule has 1 amide bonds. The zero-order valence-corrected chi connectivity index (χ0v) is 19.4. The van der Waals surface area contributed by atoms with E-state index in [-0.39, 0.29) is 12.5 Å². The molecule has 0 aliphatic heterocycles. The van der Waals surface area contributed by atoms with Gasteiger partial charge in [-0.15, -0.1) is 0 Å². The fourth-order valence-electron chi connectivity index (χ4n) is 3.52. The fraction of sp³-hybridized carbons (Fsp3) is 0.200. The summed E-state index contributed by atoms with van der Waals surface area (Å²) in [5.41, 5.74) is 4.43. The third-order valence-electron chi connectivity index (χ3n) is 5.02. The summed E-state index contributed by atoms with van der Waals surface area (Å²) in [7, 11) is 3.15. The number of nitrogens with one attached hydrogen (secondary N) is 1. The van der Waals surface area contributed by atoms with E-state index >= 15 is 0 Å². The van der Waals surface area contributed by atoms with E-state index in [1.165, 1.54) is 0 Å². The molecule has 0 spiro atoms. The average molecular weight is 467 g/mol. The molecule has 0 aliphatic rings. The number of methoxy groups -OCH3 is 2. The molecule has 170 valence electrons. The second-order valence-corrected chi connectivity index (χ2v) is 7.91. The van der Waals surface area contributed by atoms with Crippen molar-refractivity contribution in [1.29, 1.82) is 0 Å². The number of benzene rings is 3. The molecule has 0 saturated heterocycles. The Balaban J connectivity index is 1.48. The van der Waals surface area contributed by atoms with E-state index in [1.807, 2.05) is 26.0 Å². The van der Waals surface area contributed by atoms with Gasteiger partial charge in [0.25, 0.3) is 5.91 Å². The number of nitrogens with zero attached hydrogens (tertiary/aromatic N) is 1. The van der Waals surface area contributed by atoms with Gasteiger partial charge in [0.2, 0.25) is 5.89 Å². The van der Waals surface area contributed by atoms with Crippen LogP contribution < -0.4 is 19.5 Å². The number of ether oxygens (including phenoxy) is 3. The molecular weight excluding hydrogens is 444 g/mol. The topological polar surface area (TPSA) is 82.8 Å². The average Bonchev–Trinajstić information content (AvgIpc) is 3.21. The lowest BCUT2D eigenvalue weighted by molar-refractivity contribution is -0.118. The minimum absolute atomic E-state index is 0.169. The summed E-state index contributed by atoms with van der Waals surface area (Å²) >= 11 is 6.24. The van der Waals surface area contributed by atoms with Gasteiger partial charge in [-0.2, -0.15) is 0 Å². The molecule has 1 N–H and O–H groups in total. The monoisotopic (exact) mass is 466 g/mol. The Morgan fingerprint density at radius 1 is 1.03 bits per heavy atom. The van der Waals surface area contributed by atoms with Crippen molar-refractivity contribution in [2.45, 2.75) is 13.8 Å². The van der Waals surface area contributed by atoms with Crippen molar-refractivity contribution in [3.8, 4) is 28.7 Å². The predicted octanol–water partition coefficient (Wildman–Crippen LogP) is 5.80. The normalized spacial score (nSPS) is 10.8. The van der Waals surface area contributed by atoms with Gasteiger partial charge in [0.05, 0.1) is 19.2 Å². The van der Waals surface area contributed by atoms with Crippen LogP contribution in [-0.4, -0.2) is 31.7 Å². The molecule has 3 aromatic carbocycles. The summed E-state index contributed by atoms with van der Waals surface area (Å²) in [5, 5.41) is 3.29. The first-order valence-corrected chi connectivity index (χ1v) is 10.6. The number of carbonyl (C=O) groups excluding carboxylic acids is 1. The smallest absolute Gasteiger partial charge is 0.262 e. The van der Waals surface area contributed by atoms with Crippen molar-refractivity contribution in [3.63, 3.8) is 0 Å². The van der Waals surface area contributed by atoms with Gasteiger partial charge in [0.1, 0.15) is 11.3 Å². The molecule has 33 heavy (non-hydrogen) atoms. The highest BCUT2D eigenvalue weighted by Gasteiger charge is 2.14. The highest BCUT2D eigenvalue weighted by Crippen LogP contribution is 2.34. The molecule has 0 unspecified atom stereocenters. The zero-order chi connectivity index (χ0) is 23.5. The molecule has 4 aromatic rings. The number of hydrogen-bond acceptors (Lipinski definition) is 6. The van der Waals surface area contributed by atoms with Crippen molar-refractivity contribution in [3.05, 3.63) is 64.7 Å². The SMILES string of the molecule is COc1ccc(-c2nc3cc(NC(=O)COc4c(C)cc(C)cc4Cl)ccc3o2)cc1OC. The Kier molecular flexibility index (Phi) is 6.42. The molecule has 0 saturated carbocycles. The highest BCUT2D eigenvalue weighted by atomic mass is 35.5. The summed E-state index contributed by atoms with van der Waals surface area (Å²) in [4.78, 5) is 17.0. The molecule has 7 nitrogen and oxygen atoms in total. The molecule has 0 fully saturated rings. The van der Waals surface area contributed by atoms with Gasteiger partial charge < -0.3 is 23.9 Å². The third-order valence-corrected chi connectivity index (χ3v) is 5.30. The van der Waals surface area contributed by atoms with E-state index < -0.39 is 0 Å². The van der Waals surface area contributed by atoms with Gasteiger partial charge in [0, 0.05) is 11.3 Å². The Labute approximate surface area is 196 Å². The Hall–Kier alpha value is -3.71. The second-order valence-electron chi connectivity index (χ2n) is 7.50. The maximum atomic E-state index is 12.4. The molecule has 0 aliphatic carbocycles. The molecule has 4 rings (SSSR count). The molecular formula is C25H23ClN2O5. The summed E-state index contributed by atoms with van der Waals surface area (Å²) in [6.45, 7) is 3.67. The number of fused-ring (bicyclic) bond motifs is 1. The maximum absolute atomic E-state index is 12.4. The van der Waals surface area contributed by atoms with E-state index in [2.05, 4.69) is 10.3 Å². The summed E-state index contributed by atoms with van der Waals surface area (Å²) in [5.74, 6) is 1.82. The molecule has 8 heteroatoms. The van der Waals surface area contributed by atoms with Crippen LogP contribution in [0.5, 0.6) is 17.2 Å². The predicted molar refractivity (Wildman–Crippen MR) is 128 cm³/mol. The summed E-state index contributed by atoms with van der Waals surface area (Å²) < 4.78 is 22.1. The lowest BCUT2D eigenvalue weighted by Gasteiger charge is -2.12. The van der Waals surface area contributed by atoms with E-state index in [9.17, 15) is 4.79 Å². The first-order valence-electron chi connectivity index (χ1n) is 10.2. The largest absolute Gasteiger partial charge is 0.493 e. The van der Waals surface area contributed by atoms with Gasteiger partial charge in [-0.1, -0.05) is 17.7 Å². The molecule has 1 aromatic heterocycles. The van der Waals surface area contributed by atoms with Crippen molar-refractivity contribution in [1.82, 2.24) is 4.98 Å². The van der Waals surface area contributed by atoms with Crippen LogP contribution in [-0.2, 0) is 4.79 Å². The zero-order valence-electron chi connectivity index (χ0n) is 18.7. The third kappa shape index (κ3) is 4.88. The van der Waals surface area contributed by atoms with E-state index in [0.717, 1.165) is 16.7 Å². The van der Waals surface area contributed by atoms with Crippen molar-refractivity contribution < 1.29 is 23.4 Å². The van der Waals surface area contributed by atoms with Gasteiger partial charge in [-0.25, -0.2) is 4.98 Å². The van der Waals surface area contributed by atoms with Crippen LogP contribution in [0, 0.1) is 13.8 Å². The molecule has 0 bridgehead atoms. The van der Waals surface area contributed by atoms with E-state index in [0.29, 0.717) is 44.9 Å². The number of halogens is 1. The minimum atomic E-state index is -0.311. The summed E-state index contributed by atoms with van der Waals surface area (Å²) in [6.07, 6.45) is 0. The lowest BCUT2D eigenvalue weighted by atomic mass is 10.1. The van der Waals surface area contributed by atoms with Crippen LogP contribution in [0.3, 0.4) is 0 Å². The number of hydrogen-bond donors (Lipinski definition) is 1. The first-order chi connectivity index (χ1) is 15.9. The second kappa shape index (κ2) is 9.42. The van der Waals surface area contributed by atoms with Crippen molar-refractivity contribution in [2.75, 3.05) is 26.1 Å². The lowest BCUT2D eigenvalue weighted by Crippen LogP contribution is -2.20. The van der Waals surface area contributed by atoms with Gasteiger partial charge >= 0.3 is 0 Å². The fourth-order valence-corrected chi connectivity index (χ4v) is 3.89. The Bertz CT molecular complexity index is 1310. The number of aryl methyl sites for hydroxylation is 2. The number of amides is 1.